The first kappa shape index (κ1) is 18.2. The van der Waals surface area contributed by atoms with Gasteiger partial charge in [-0.1, -0.05) is 12.1 Å². The van der Waals surface area contributed by atoms with Crippen LogP contribution in [0.1, 0.15) is 33.6 Å². The van der Waals surface area contributed by atoms with Gasteiger partial charge in [0.1, 0.15) is 5.60 Å². The number of likely N-dealkylation sites (tertiary alicyclic amines) is 1. The number of rotatable bonds is 4. The summed E-state index contributed by atoms with van der Waals surface area (Å²) in [6, 6.07) is 7.86. The van der Waals surface area contributed by atoms with Gasteiger partial charge in [-0.15, -0.1) is 0 Å². The molecule has 1 aromatic carbocycles. The average molecular weight is 357 g/mol. The molecule has 1 fully saturated rings. The number of hydrogen-bond acceptors (Lipinski definition) is 6. The number of benzene rings is 1. The summed E-state index contributed by atoms with van der Waals surface area (Å²) in [6.07, 6.45) is 1.68. The van der Waals surface area contributed by atoms with E-state index in [0.29, 0.717) is 18.2 Å². The number of anilines is 2. The minimum absolute atomic E-state index is 0.0860. The van der Waals surface area contributed by atoms with Crippen molar-refractivity contribution < 1.29 is 9.53 Å². The van der Waals surface area contributed by atoms with Crippen molar-refractivity contribution in [2.45, 2.75) is 45.3 Å². The molecule has 2 N–H and O–H groups in total. The number of hydrogen-bond donors (Lipinski definition) is 2. The number of ether oxygens (including phenoxy) is 1. The standard InChI is InChI=1S/C19H27N5O2/c1-19(2,3)26-18(25)24-11-7-8-13(24)12-21-17-16(20-4)22-14-9-5-6-10-15(14)23-17/h5-6,9-10,13H,7-8,11-12H2,1-4H3,(H,20,22)(H,21,23). The van der Waals surface area contributed by atoms with Crippen LogP contribution in [-0.2, 0) is 4.74 Å². The third-order valence-electron chi connectivity index (χ3n) is 4.32. The fourth-order valence-electron chi connectivity index (χ4n) is 3.12. The summed E-state index contributed by atoms with van der Waals surface area (Å²) in [5.74, 6) is 1.40. The molecule has 140 valence electrons. The number of nitrogens with zero attached hydrogens (tertiary/aromatic N) is 3. The highest BCUT2D eigenvalue weighted by atomic mass is 16.6. The second-order valence-electron chi connectivity index (χ2n) is 7.51. The van der Waals surface area contributed by atoms with Crippen molar-refractivity contribution in [1.82, 2.24) is 14.9 Å². The Kier molecular flexibility index (Phi) is 5.15. The number of nitrogens with one attached hydrogen (secondary N) is 2. The molecule has 1 saturated heterocycles. The van der Waals surface area contributed by atoms with E-state index in [9.17, 15) is 4.79 Å². The highest BCUT2D eigenvalue weighted by molar-refractivity contribution is 5.80. The highest BCUT2D eigenvalue weighted by Gasteiger charge is 2.32. The monoisotopic (exact) mass is 357 g/mol. The van der Waals surface area contributed by atoms with Gasteiger partial charge in [-0.2, -0.15) is 0 Å². The van der Waals surface area contributed by atoms with Crippen LogP contribution in [-0.4, -0.2) is 52.7 Å². The van der Waals surface area contributed by atoms with E-state index in [4.69, 9.17) is 4.74 Å². The van der Waals surface area contributed by atoms with Gasteiger partial charge in [0.25, 0.3) is 0 Å². The Balaban J connectivity index is 1.71. The Labute approximate surface area is 154 Å². The topological polar surface area (TPSA) is 79.4 Å². The van der Waals surface area contributed by atoms with Crippen molar-refractivity contribution in [3.05, 3.63) is 24.3 Å². The van der Waals surface area contributed by atoms with Crippen molar-refractivity contribution in [2.24, 2.45) is 0 Å². The van der Waals surface area contributed by atoms with Crippen LogP contribution in [0.4, 0.5) is 16.4 Å². The average Bonchev–Trinajstić information content (AvgIpc) is 3.06. The van der Waals surface area contributed by atoms with E-state index in [1.165, 1.54) is 0 Å². The quantitative estimate of drug-likeness (QED) is 0.872. The molecule has 0 aliphatic carbocycles. The first-order valence-electron chi connectivity index (χ1n) is 9.05. The van der Waals surface area contributed by atoms with Crippen LogP contribution in [0.2, 0.25) is 0 Å². The van der Waals surface area contributed by atoms with Gasteiger partial charge in [-0.25, -0.2) is 14.8 Å². The van der Waals surface area contributed by atoms with E-state index in [2.05, 4.69) is 20.6 Å². The first-order valence-corrected chi connectivity index (χ1v) is 9.05. The molecule has 1 aliphatic rings. The SMILES string of the molecule is CNc1nc2ccccc2nc1NCC1CCCN1C(=O)OC(C)(C)C. The molecule has 7 heteroatoms. The number of fused-ring (bicyclic) bond motifs is 1. The van der Waals surface area contributed by atoms with Gasteiger partial charge < -0.3 is 20.3 Å². The zero-order valence-electron chi connectivity index (χ0n) is 15.9. The van der Waals surface area contributed by atoms with Crippen LogP contribution in [0, 0.1) is 0 Å². The molecular weight excluding hydrogens is 330 g/mol. The number of amides is 1. The maximum atomic E-state index is 12.4. The minimum atomic E-state index is -0.485. The van der Waals surface area contributed by atoms with Crippen molar-refractivity contribution in [3.63, 3.8) is 0 Å². The lowest BCUT2D eigenvalue weighted by Gasteiger charge is -2.29. The van der Waals surface area contributed by atoms with Crippen LogP contribution in [0.15, 0.2) is 24.3 Å². The van der Waals surface area contributed by atoms with E-state index in [0.717, 1.165) is 30.4 Å². The van der Waals surface area contributed by atoms with E-state index in [-0.39, 0.29) is 12.1 Å². The van der Waals surface area contributed by atoms with Crippen molar-refractivity contribution >= 4 is 28.8 Å². The Morgan fingerprint density at radius 2 is 1.88 bits per heavy atom. The molecule has 1 atom stereocenters. The van der Waals surface area contributed by atoms with Crippen LogP contribution in [0.3, 0.4) is 0 Å². The molecule has 0 bridgehead atoms. The summed E-state index contributed by atoms with van der Waals surface area (Å²) in [5, 5.41) is 6.45. The molecule has 1 aliphatic heterocycles. The van der Waals surface area contributed by atoms with Crippen molar-refractivity contribution in [2.75, 3.05) is 30.8 Å². The van der Waals surface area contributed by atoms with Gasteiger partial charge in [-0.05, 0) is 45.7 Å². The zero-order valence-corrected chi connectivity index (χ0v) is 15.9. The van der Waals surface area contributed by atoms with Gasteiger partial charge in [0.2, 0.25) is 0 Å². The summed E-state index contributed by atoms with van der Waals surface area (Å²) in [6.45, 7) is 7.00. The predicted octanol–water partition coefficient (Wildman–Crippen LogP) is 3.48. The summed E-state index contributed by atoms with van der Waals surface area (Å²) < 4.78 is 5.53. The van der Waals surface area contributed by atoms with E-state index in [1.54, 1.807) is 0 Å². The van der Waals surface area contributed by atoms with E-state index >= 15 is 0 Å². The first-order chi connectivity index (χ1) is 12.4. The fourth-order valence-corrected chi connectivity index (χ4v) is 3.12. The lowest BCUT2D eigenvalue weighted by molar-refractivity contribution is 0.0235. The molecule has 1 aromatic heterocycles. The second kappa shape index (κ2) is 7.35. The maximum absolute atomic E-state index is 12.4. The largest absolute Gasteiger partial charge is 0.444 e. The van der Waals surface area contributed by atoms with Gasteiger partial charge in [0, 0.05) is 20.1 Å². The molecule has 3 rings (SSSR count). The Morgan fingerprint density at radius 1 is 1.23 bits per heavy atom. The molecule has 1 amide bonds. The number of carbonyl (C=O) groups excluding carboxylic acids is 1. The summed E-state index contributed by atoms with van der Waals surface area (Å²) in [7, 11) is 1.83. The van der Waals surface area contributed by atoms with E-state index < -0.39 is 5.60 Å². The minimum Gasteiger partial charge on any atom is -0.444 e. The van der Waals surface area contributed by atoms with Crippen molar-refractivity contribution in [3.8, 4) is 0 Å². The fraction of sp³-hybridized carbons (Fsp3) is 0.526. The van der Waals surface area contributed by atoms with Crippen LogP contribution in [0.25, 0.3) is 11.0 Å². The number of para-hydroxylation sites is 2. The van der Waals surface area contributed by atoms with Gasteiger partial charge >= 0.3 is 6.09 Å². The lowest BCUT2D eigenvalue weighted by atomic mass is 10.2. The number of carbonyl (C=O) groups is 1. The second-order valence-corrected chi connectivity index (χ2v) is 7.51. The molecule has 0 saturated carbocycles. The normalized spacial score (nSPS) is 17.4. The summed E-state index contributed by atoms with van der Waals surface area (Å²) in [4.78, 5) is 23.5. The van der Waals surface area contributed by atoms with Gasteiger partial charge in [0.15, 0.2) is 11.6 Å². The maximum Gasteiger partial charge on any atom is 0.410 e. The Morgan fingerprint density at radius 3 is 2.50 bits per heavy atom. The third kappa shape index (κ3) is 4.15. The molecule has 0 radical (unpaired) electrons. The Bertz CT molecular complexity index is 787. The highest BCUT2D eigenvalue weighted by Crippen LogP contribution is 2.24. The molecule has 26 heavy (non-hydrogen) atoms. The third-order valence-corrected chi connectivity index (χ3v) is 4.32. The van der Waals surface area contributed by atoms with Crippen LogP contribution < -0.4 is 10.6 Å². The van der Waals surface area contributed by atoms with Gasteiger partial charge in [0.05, 0.1) is 17.1 Å². The molecule has 2 aromatic rings. The molecule has 0 spiro atoms. The molecule has 2 heterocycles. The van der Waals surface area contributed by atoms with Crippen LogP contribution >= 0.6 is 0 Å². The summed E-state index contributed by atoms with van der Waals surface area (Å²) in [5.41, 5.74) is 1.20. The lowest BCUT2D eigenvalue weighted by Crippen LogP contribution is -2.42. The molecule has 7 nitrogen and oxygen atoms in total. The predicted molar refractivity (Wildman–Crippen MR) is 104 cm³/mol. The molecular formula is C19H27N5O2. The van der Waals surface area contributed by atoms with Crippen LogP contribution in [0.5, 0.6) is 0 Å². The van der Waals surface area contributed by atoms with Crippen molar-refractivity contribution in [1.29, 1.82) is 0 Å². The summed E-state index contributed by atoms with van der Waals surface area (Å²) >= 11 is 0. The molecule has 1 unspecified atom stereocenters. The smallest absolute Gasteiger partial charge is 0.410 e. The zero-order chi connectivity index (χ0) is 18.7. The van der Waals surface area contributed by atoms with E-state index in [1.807, 2.05) is 57.0 Å². The van der Waals surface area contributed by atoms with Gasteiger partial charge in [-0.3, -0.25) is 0 Å². The number of aromatic nitrogens is 2. The Hall–Kier alpha value is -2.57.